The molecule has 0 heterocycles. The Bertz CT molecular complexity index is 752. The first-order valence-corrected chi connectivity index (χ1v) is 10.3. The molecule has 0 aliphatic heterocycles. The number of benzene rings is 1. The Morgan fingerprint density at radius 3 is 2.38 bits per heavy atom. The number of Topliss-reactive ketones (excluding diaryl/α,β-unsaturated/α-hetero) is 2. The van der Waals surface area contributed by atoms with Crippen LogP contribution in [0.25, 0.3) is 0 Å². The van der Waals surface area contributed by atoms with Crippen LogP contribution in [0.15, 0.2) is 53.1 Å². The monoisotopic (exact) mass is 427 g/mol. The Kier molecular flexibility index (Phi) is 8.52. The van der Waals surface area contributed by atoms with Gasteiger partial charge in [-0.3, -0.25) is 19.9 Å². The topological polar surface area (TPSA) is 55.4 Å². The van der Waals surface area contributed by atoms with Gasteiger partial charge < -0.3 is 0 Å². The molecule has 2 rings (SSSR count). The lowest BCUT2D eigenvalue weighted by Crippen LogP contribution is -2.30. The normalized spacial score (nSPS) is 17.4. The molecular weight excluding hydrogens is 403 g/mol. The molecular formula is C21H24F3NO3S. The van der Waals surface area contributed by atoms with Crippen LogP contribution in [0.5, 0.6) is 0 Å². The zero-order chi connectivity index (χ0) is 21.4. The number of hydrogen-bond acceptors (Lipinski definition) is 5. The van der Waals surface area contributed by atoms with Crippen LogP contribution in [0.2, 0.25) is 0 Å². The third-order valence-corrected chi connectivity index (χ3v) is 5.58. The van der Waals surface area contributed by atoms with E-state index in [9.17, 15) is 22.8 Å². The van der Waals surface area contributed by atoms with Gasteiger partial charge in [0.05, 0.1) is 23.4 Å². The van der Waals surface area contributed by atoms with Crippen LogP contribution < -0.4 is 5.48 Å². The highest BCUT2D eigenvalue weighted by atomic mass is 32.2. The summed E-state index contributed by atoms with van der Waals surface area (Å²) < 4.78 is 37.8. The number of thioether (sulfide) groups is 1. The molecule has 0 aromatic heterocycles. The van der Waals surface area contributed by atoms with Gasteiger partial charge in [-0.2, -0.15) is 13.2 Å². The minimum absolute atomic E-state index is 0.0621. The number of hydrogen-bond donors (Lipinski definition) is 1. The van der Waals surface area contributed by atoms with Crippen LogP contribution in [-0.4, -0.2) is 23.9 Å². The summed E-state index contributed by atoms with van der Waals surface area (Å²) in [6.07, 6.45) is -1.13. The highest BCUT2D eigenvalue weighted by Crippen LogP contribution is 2.32. The average molecular weight is 427 g/mol. The van der Waals surface area contributed by atoms with Gasteiger partial charge in [-0.1, -0.05) is 13.0 Å². The molecule has 1 fully saturated rings. The third kappa shape index (κ3) is 6.75. The lowest BCUT2D eigenvalue weighted by atomic mass is 9.81. The highest BCUT2D eigenvalue weighted by molar-refractivity contribution is 7.99. The van der Waals surface area contributed by atoms with Crippen LogP contribution in [0.1, 0.15) is 38.2 Å². The summed E-state index contributed by atoms with van der Waals surface area (Å²) in [6, 6.07) is 4.99. The average Bonchev–Trinajstić information content (AvgIpc) is 2.66. The Balaban J connectivity index is 1.89. The number of nitrogens with one attached hydrogen (secondary N) is 1. The van der Waals surface area contributed by atoms with E-state index in [0.717, 1.165) is 17.0 Å². The number of allylic oxidation sites excluding steroid dienone is 2. The summed E-state index contributed by atoms with van der Waals surface area (Å²) in [5.74, 6) is 0.166. The summed E-state index contributed by atoms with van der Waals surface area (Å²) in [5.41, 5.74) is 2.67. The summed E-state index contributed by atoms with van der Waals surface area (Å²) in [4.78, 5) is 30.9. The molecule has 0 saturated heterocycles. The molecule has 1 aromatic carbocycles. The number of halogens is 3. The minimum atomic E-state index is -4.35. The van der Waals surface area contributed by atoms with Gasteiger partial charge >= 0.3 is 6.18 Å². The number of rotatable bonds is 9. The molecule has 0 bridgehead atoms. The Labute approximate surface area is 172 Å². The zero-order valence-corrected chi connectivity index (χ0v) is 17.0. The fraction of sp³-hybridized carbons (Fsp3) is 0.429. The van der Waals surface area contributed by atoms with Gasteiger partial charge in [-0.15, -0.1) is 18.3 Å². The van der Waals surface area contributed by atoms with Crippen LogP contribution in [0.4, 0.5) is 13.2 Å². The molecule has 0 amide bonds. The van der Waals surface area contributed by atoms with Crippen LogP contribution in [0.3, 0.4) is 0 Å². The van der Waals surface area contributed by atoms with Gasteiger partial charge in [0.15, 0.2) is 11.6 Å². The van der Waals surface area contributed by atoms with Crippen molar-refractivity contribution in [3.05, 3.63) is 53.8 Å². The Hall–Kier alpha value is -2.06. The highest BCUT2D eigenvalue weighted by Gasteiger charge is 2.32. The fourth-order valence-corrected chi connectivity index (χ4v) is 4.08. The number of ketones is 2. The van der Waals surface area contributed by atoms with E-state index >= 15 is 0 Å². The van der Waals surface area contributed by atoms with Gasteiger partial charge in [0.2, 0.25) is 0 Å². The summed E-state index contributed by atoms with van der Waals surface area (Å²) in [5, 5.41) is 0. The number of alkyl halides is 3. The van der Waals surface area contributed by atoms with Crippen molar-refractivity contribution < 1.29 is 27.6 Å². The quantitative estimate of drug-likeness (QED) is 0.148. The van der Waals surface area contributed by atoms with Crippen molar-refractivity contribution in [3.63, 3.8) is 0 Å². The van der Waals surface area contributed by atoms with Crippen molar-refractivity contribution in [2.45, 2.75) is 43.7 Å². The summed E-state index contributed by atoms with van der Waals surface area (Å²) in [7, 11) is 0. The van der Waals surface area contributed by atoms with Crippen LogP contribution >= 0.6 is 11.8 Å². The molecule has 8 heteroatoms. The summed E-state index contributed by atoms with van der Waals surface area (Å²) in [6.45, 7) is 5.62. The molecule has 29 heavy (non-hydrogen) atoms. The van der Waals surface area contributed by atoms with Gasteiger partial charge in [0, 0.05) is 17.7 Å². The first-order valence-electron chi connectivity index (χ1n) is 9.34. The van der Waals surface area contributed by atoms with Crippen molar-refractivity contribution in [1.82, 2.24) is 5.48 Å². The molecule has 1 N–H and O–H groups in total. The van der Waals surface area contributed by atoms with E-state index in [2.05, 4.69) is 12.1 Å². The van der Waals surface area contributed by atoms with Crippen molar-refractivity contribution in [2.24, 2.45) is 5.92 Å². The second kappa shape index (κ2) is 10.6. The van der Waals surface area contributed by atoms with E-state index in [4.69, 9.17) is 4.84 Å². The predicted molar refractivity (Wildman–Crippen MR) is 106 cm³/mol. The lowest BCUT2D eigenvalue weighted by Gasteiger charge is -2.24. The second-order valence-electron chi connectivity index (χ2n) is 6.69. The first kappa shape index (κ1) is 23.2. The zero-order valence-electron chi connectivity index (χ0n) is 16.2. The SMILES string of the molecule is C=CCONC(CC)=C1C(=O)CC(CCSc2ccc(C(F)(F)F)cc2)CC1=O. The maximum atomic E-state index is 12.6. The van der Waals surface area contributed by atoms with Crippen LogP contribution in [0, 0.1) is 5.92 Å². The predicted octanol–water partition coefficient (Wildman–Crippen LogP) is 5.11. The first-order chi connectivity index (χ1) is 13.8. The molecule has 1 aliphatic rings. The molecule has 0 atom stereocenters. The number of hydroxylamine groups is 1. The largest absolute Gasteiger partial charge is 0.416 e. The van der Waals surface area contributed by atoms with Gasteiger partial charge in [0.25, 0.3) is 0 Å². The Morgan fingerprint density at radius 1 is 1.24 bits per heavy atom. The molecule has 0 radical (unpaired) electrons. The van der Waals surface area contributed by atoms with Gasteiger partial charge in [-0.25, -0.2) is 0 Å². The number of carbonyl (C=O) groups is 2. The fourth-order valence-electron chi connectivity index (χ4n) is 3.07. The molecule has 4 nitrogen and oxygen atoms in total. The van der Waals surface area contributed by atoms with E-state index in [0.29, 0.717) is 24.3 Å². The summed E-state index contributed by atoms with van der Waals surface area (Å²) >= 11 is 1.42. The van der Waals surface area contributed by atoms with Crippen molar-refractivity contribution in [1.29, 1.82) is 0 Å². The van der Waals surface area contributed by atoms with Crippen molar-refractivity contribution in [3.8, 4) is 0 Å². The molecule has 158 valence electrons. The maximum Gasteiger partial charge on any atom is 0.416 e. The van der Waals surface area contributed by atoms with Crippen LogP contribution in [-0.2, 0) is 20.6 Å². The van der Waals surface area contributed by atoms with E-state index < -0.39 is 11.7 Å². The van der Waals surface area contributed by atoms with E-state index in [1.165, 1.54) is 23.9 Å². The maximum absolute atomic E-state index is 12.6. The van der Waals surface area contributed by atoms with Crippen molar-refractivity contribution in [2.75, 3.05) is 12.4 Å². The number of carbonyl (C=O) groups excluding carboxylic acids is 2. The molecule has 0 spiro atoms. The lowest BCUT2D eigenvalue weighted by molar-refractivity contribution is -0.137. The van der Waals surface area contributed by atoms with E-state index in [-0.39, 0.29) is 42.5 Å². The van der Waals surface area contributed by atoms with E-state index in [1.54, 1.807) is 6.08 Å². The van der Waals surface area contributed by atoms with Gasteiger partial charge in [-0.05, 0) is 48.8 Å². The standard InChI is InChI=1S/C21H24F3NO3S/c1-3-10-28-25-17(4-2)20-18(26)12-14(13-19(20)27)9-11-29-16-7-5-15(6-8-16)21(22,23)24/h3,5-8,14,25H,1,4,9-13H2,2H3. The molecule has 0 unspecified atom stereocenters. The Morgan fingerprint density at radius 2 is 1.86 bits per heavy atom. The van der Waals surface area contributed by atoms with Gasteiger partial charge in [0.1, 0.15) is 0 Å². The van der Waals surface area contributed by atoms with Crippen molar-refractivity contribution >= 4 is 23.3 Å². The van der Waals surface area contributed by atoms with E-state index in [1.807, 2.05) is 6.92 Å². The smallest absolute Gasteiger partial charge is 0.294 e. The molecule has 1 aliphatic carbocycles. The second-order valence-corrected chi connectivity index (χ2v) is 7.86. The third-order valence-electron chi connectivity index (χ3n) is 4.53. The molecule has 1 saturated carbocycles. The minimum Gasteiger partial charge on any atom is -0.294 e. The molecule has 1 aromatic rings.